The second-order valence-electron chi connectivity index (χ2n) is 4.53. The number of nitrogens with zero attached hydrogens (tertiary/aromatic N) is 2. The molecule has 94 valence electrons. The average molecular weight is 255 g/mol. The third-order valence-electron chi connectivity index (χ3n) is 3.01. The van der Waals surface area contributed by atoms with Crippen LogP contribution in [0.15, 0.2) is 23.2 Å². The van der Waals surface area contributed by atoms with Crippen LogP contribution < -0.4 is 5.73 Å². The first-order chi connectivity index (χ1) is 8.00. The SMILES string of the molecule is CC1CCCN(S(=O)(=O)c2ccnc(N)c2)C1. The molecule has 6 heteroatoms. The van der Waals surface area contributed by atoms with E-state index in [1.54, 1.807) is 0 Å². The van der Waals surface area contributed by atoms with Crippen molar-refractivity contribution in [2.24, 2.45) is 5.92 Å². The molecule has 0 spiro atoms. The van der Waals surface area contributed by atoms with Gasteiger partial charge in [0.05, 0.1) is 4.90 Å². The summed E-state index contributed by atoms with van der Waals surface area (Å²) >= 11 is 0. The van der Waals surface area contributed by atoms with Gasteiger partial charge in [0.25, 0.3) is 0 Å². The molecule has 0 aromatic carbocycles. The lowest BCUT2D eigenvalue weighted by Crippen LogP contribution is -2.39. The van der Waals surface area contributed by atoms with Gasteiger partial charge < -0.3 is 5.73 Å². The molecule has 1 atom stereocenters. The van der Waals surface area contributed by atoms with Crippen LogP contribution in [0.4, 0.5) is 5.82 Å². The fourth-order valence-electron chi connectivity index (χ4n) is 2.10. The predicted molar refractivity (Wildman–Crippen MR) is 65.8 cm³/mol. The van der Waals surface area contributed by atoms with Gasteiger partial charge in [-0.05, 0) is 24.8 Å². The summed E-state index contributed by atoms with van der Waals surface area (Å²) < 4.78 is 26.2. The molecule has 0 radical (unpaired) electrons. The van der Waals surface area contributed by atoms with E-state index in [9.17, 15) is 8.42 Å². The molecule has 1 saturated heterocycles. The minimum Gasteiger partial charge on any atom is -0.384 e. The van der Waals surface area contributed by atoms with Gasteiger partial charge in [-0.25, -0.2) is 13.4 Å². The number of pyridine rings is 1. The Morgan fingerprint density at radius 2 is 2.29 bits per heavy atom. The smallest absolute Gasteiger partial charge is 0.243 e. The van der Waals surface area contributed by atoms with Crippen LogP contribution in [-0.4, -0.2) is 30.8 Å². The second kappa shape index (κ2) is 4.62. The summed E-state index contributed by atoms with van der Waals surface area (Å²) in [5.41, 5.74) is 5.52. The minimum absolute atomic E-state index is 0.233. The number of rotatable bonds is 2. The van der Waals surface area contributed by atoms with E-state index in [0.29, 0.717) is 19.0 Å². The van der Waals surface area contributed by atoms with Crippen molar-refractivity contribution in [1.29, 1.82) is 0 Å². The normalized spacial score (nSPS) is 22.5. The van der Waals surface area contributed by atoms with E-state index in [1.807, 2.05) is 0 Å². The maximum Gasteiger partial charge on any atom is 0.243 e. The van der Waals surface area contributed by atoms with Gasteiger partial charge in [0.15, 0.2) is 0 Å². The molecule has 1 aliphatic rings. The third kappa shape index (κ3) is 2.58. The summed E-state index contributed by atoms with van der Waals surface area (Å²) in [5, 5.41) is 0. The van der Waals surface area contributed by atoms with Gasteiger partial charge in [0, 0.05) is 25.4 Å². The van der Waals surface area contributed by atoms with Crippen LogP contribution in [0.3, 0.4) is 0 Å². The number of aromatic nitrogens is 1. The molecule has 2 N–H and O–H groups in total. The van der Waals surface area contributed by atoms with E-state index >= 15 is 0 Å². The van der Waals surface area contributed by atoms with Gasteiger partial charge in [0.1, 0.15) is 5.82 Å². The molecule has 5 nitrogen and oxygen atoms in total. The van der Waals surface area contributed by atoms with Crippen LogP contribution in [0.25, 0.3) is 0 Å². The molecule has 1 aromatic heterocycles. The maximum atomic E-state index is 12.3. The Bertz CT molecular complexity index is 501. The number of piperidine rings is 1. The highest BCUT2D eigenvalue weighted by molar-refractivity contribution is 7.89. The van der Waals surface area contributed by atoms with Gasteiger partial charge in [-0.2, -0.15) is 4.31 Å². The van der Waals surface area contributed by atoms with E-state index in [-0.39, 0.29) is 10.7 Å². The highest BCUT2D eigenvalue weighted by Gasteiger charge is 2.28. The van der Waals surface area contributed by atoms with Crippen LogP contribution in [0.5, 0.6) is 0 Å². The van der Waals surface area contributed by atoms with Crippen LogP contribution in [0.1, 0.15) is 19.8 Å². The minimum atomic E-state index is -3.40. The molecule has 0 aliphatic carbocycles. The zero-order chi connectivity index (χ0) is 12.5. The lowest BCUT2D eigenvalue weighted by molar-refractivity contribution is 0.281. The van der Waals surface area contributed by atoms with Crippen LogP contribution >= 0.6 is 0 Å². The summed E-state index contributed by atoms with van der Waals surface area (Å²) in [6, 6.07) is 2.90. The average Bonchev–Trinajstić information content (AvgIpc) is 2.29. The van der Waals surface area contributed by atoms with Crippen LogP contribution in [0.2, 0.25) is 0 Å². The fourth-order valence-corrected chi connectivity index (χ4v) is 3.72. The van der Waals surface area contributed by atoms with Crippen LogP contribution in [0, 0.1) is 5.92 Å². The number of anilines is 1. The van der Waals surface area contributed by atoms with Crippen molar-refractivity contribution in [3.8, 4) is 0 Å². The molecule has 0 bridgehead atoms. The van der Waals surface area contributed by atoms with Crippen molar-refractivity contribution in [3.63, 3.8) is 0 Å². The number of hydrogen-bond donors (Lipinski definition) is 1. The molecule has 2 heterocycles. The number of hydrogen-bond acceptors (Lipinski definition) is 4. The largest absolute Gasteiger partial charge is 0.384 e. The number of nitrogen functional groups attached to an aromatic ring is 1. The summed E-state index contributed by atoms with van der Waals surface area (Å²) in [6.45, 7) is 3.25. The lowest BCUT2D eigenvalue weighted by atomic mass is 10.0. The summed E-state index contributed by atoms with van der Waals surface area (Å²) in [4.78, 5) is 4.04. The Kier molecular flexibility index (Phi) is 3.35. The summed E-state index contributed by atoms with van der Waals surface area (Å²) in [7, 11) is -3.40. The first-order valence-electron chi connectivity index (χ1n) is 5.72. The van der Waals surface area contributed by atoms with Gasteiger partial charge in [-0.3, -0.25) is 0 Å². The maximum absolute atomic E-state index is 12.3. The quantitative estimate of drug-likeness (QED) is 0.858. The van der Waals surface area contributed by atoms with Crippen molar-refractivity contribution in [2.45, 2.75) is 24.7 Å². The Morgan fingerprint density at radius 1 is 1.53 bits per heavy atom. The molecule has 1 unspecified atom stereocenters. The highest BCUT2D eigenvalue weighted by Crippen LogP contribution is 2.23. The third-order valence-corrected chi connectivity index (χ3v) is 4.87. The zero-order valence-electron chi connectivity index (χ0n) is 9.83. The highest BCUT2D eigenvalue weighted by atomic mass is 32.2. The second-order valence-corrected chi connectivity index (χ2v) is 6.46. The van der Waals surface area contributed by atoms with E-state index in [0.717, 1.165) is 12.8 Å². The van der Waals surface area contributed by atoms with Crippen molar-refractivity contribution >= 4 is 15.8 Å². The molecular formula is C11H17N3O2S. The Morgan fingerprint density at radius 3 is 2.94 bits per heavy atom. The fraction of sp³-hybridized carbons (Fsp3) is 0.545. The Hall–Kier alpha value is -1.14. The molecule has 0 amide bonds. The molecule has 17 heavy (non-hydrogen) atoms. The van der Waals surface area contributed by atoms with Crippen LogP contribution in [-0.2, 0) is 10.0 Å². The standard InChI is InChI=1S/C11H17N3O2S/c1-9-3-2-6-14(8-9)17(15,16)10-4-5-13-11(12)7-10/h4-5,7,9H,2-3,6,8H2,1H3,(H2,12,13). The summed E-state index contributed by atoms with van der Waals surface area (Å²) in [6.07, 6.45) is 3.43. The molecule has 1 fully saturated rings. The molecule has 1 aromatic rings. The van der Waals surface area contributed by atoms with E-state index in [1.165, 1.54) is 22.6 Å². The monoisotopic (exact) mass is 255 g/mol. The van der Waals surface area contributed by atoms with Crippen molar-refractivity contribution < 1.29 is 8.42 Å². The topological polar surface area (TPSA) is 76.3 Å². The van der Waals surface area contributed by atoms with Gasteiger partial charge in [0.2, 0.25) is 10.0 Å². The van der Waals surface area contributed by atoms with E-state index < -0.39 is 10.0 Å². The van der Waals surface area contributed by atoms with Gasteiger partial charge in [-0.15, -0.1) is 0 Å². The number of sulfonamides is 1. The zero-order valence-corrected chi connectivity index (χ0v) is 10.7. The number of nitrogens with two attached hydrogens (primary N) is 1. The van der Waals surface area contributed by atoms with E-state index in [4.69, 9.17) is 5.73 Å². The summed E-state index contributed by atoms with van der Waals surface area (Å²) in [5.74, 6) is 0.647. The first kappa shape index (κ1) is 12.3. The Labute approximate surface area is 102 Å². The molecule has 0 saturated carbocycles. The van der Waals surface area contributed by atoms with Crippen molar-refractivity contribution in [3.05, 3.63) is 18.3 Å². The predicted octanol–water partition coefficient (Wildman–Crippen LogP) is 1.08. The van der Waals surface area contributed by atoms with Crippen molar-refractivity contribution in [1.82, 2.24) is 9.29 Å². The van der Waals surface area contributed by atoms with Crippen molar-refractivity contribution in [2.75, 3.05) is 18.8 Å². The molecular weight excluding hydrogens is 238 g/mol. The van der Waals surface area contributed by atoms with E-state index in [2.05, 4.69) is 11.9 Å². The first-order valence-corrected chi connectivity index (χ1v) is 7.16. The van der Waals surface area contributed by atoms with Gasteiger partial charge in [-0.1, -0.05) is 6.92 Å². The van der Waals surface area contributed by atoms with Gasteiger partial charge >= 0.3 is 0 Å². The molecule has 2 rings (SSSR count). The Balaban J connectivity index is 2.29. The molecule has 1 aliphatic heterocycles. The lowest BCUT2D eigenvalue weighted by Gasteiger charge is -2.29.